The molecule has 1 aromatic rings. The van der Waals surface area contributed by atoms with Crippen molar-refractivity contribution < 1.29 is 14.6 Å². The zero-order valence-electron chi connectivity index (χ0n) is 13.2. The van der Waals surface area contributed by atoms with Gasteiger partial charge in [0.25, 0.3) is 5.12 Å². The van der Waals surface area contributed by atoms with Crippen LogP contribution >= 0.6 is 11.8 Å². The Bertz CT molecular complexity index is 419. The molecule has 0 saturated heterocycles. The normalized spacial score (nSPS) is 14.0. The van der Waals surface area contributed by atoms with Gasteiger partial charge in [0.15, 0.2) is 0 Å². The lowest BCUT2D eigenvalue weighted by atomic mass is 10.1. The molecule has 1 N–H and O–H groups in total. The van der Waals surface area contributed by atoms with E-state index in [9.17, 15) is 9.90 Å². The van der Waals surface area contributed by atoms with Crippen LogP contribution in [0.2, 0.25) is 0 Å². The van der Waals surface area contributed by atoms with Gasteiger partial charge in [0.2, 0.25) is 0 Å². The Labute approximate surface area is 132 Å². The van der Waals surface area contributed by atoms with Crippen LogP contribution in [0.25, 0.3) is 0 Å². The molecular weight excluding hydrogens is 284 g/mol. The number of hydrogen-bond donors (Lipinski definition) is 1. The van der Waals surface area contributed by atoms with Crippen LogP contribution in [0.4, 0.5) is 0 Å². The molecule has 0 radical (unpaired) electrons. The Kier molecular flexibility index (Phi) is 7.83. The quantitative estimate of drug-likeness (QED) is 0.418. The van der Waals surface area contributed by atoms with Crippen LogP contribution in [0.3, 0.4) is 0 Å². The smallest absolute Gasteiger partial charge is 0.305 e. The molecule has 0 spiro atoms. The molecule has 1 rings (SSSR count). The number of rotatable bonds is 9. The van der Waals surface area contributed by atoms with Gasteiger partial charge in [-0.25, -0.2) is 0 Å². The second kappa shape index (κ2) is 9.11. The Morgan fingerprint density at radius 3 is 2.52 bits per heavy atom. The van der Waals surface area contributed by atoms with E-state index in [4.69, 9.17) is 4.74 Å². The number of unbranched alkanes of at least 4 members (excludes halogenated alkanes) is 1. The largest absolute Gasteiger partial charge is 0.423 e. The Balaban J connectivity index is 2.50. The molecule has 4 heteroatoms. The number of carbonyl (C=O) groups is 1. The van der Waals surface area contributed by atoms with E-state index in [-0.39, 0.29) is 0 Å². The molecule has 0 saturated carbocycles. The van der Waals surface area contributed by atoms with E-state index < -0.39 is 11.1 Å². The third-order valence-corrected chi connectivity index (χ3v) is 4.35. The van der Waals surface area contributed by atoms with E-state index in [1.165, 1.54) is 18.7 Å². The maximum Gasteiger partial charge on any atom is 0.305 e. The first-order chi connectivity index (χ1) is 9.91. The third kappa shape index (κ3) is 8.12. The average Bonchev–Trinajstić information content (AvgIpc) is 2.42. The second-order valence-corrected chi connectivity index (χ2v) is 6.94. The van der Waals surface area contributed by atoms with E-state index in [1.54, 1.807) is 0 Å². The molecule has 1 unspecified atom stereocenters. The van der Waals surface area contributed by atoms with E-state index >= 15 is 0 Å². The topological polar surface area (TPSA) is 46.5 Å². The van der Waals surface area contributed by atoms with Crippen LogP contribution in [-0.2, 0) is 15.3 Å². The number of thioether (sulfide) groups is 1. The first-order valence-electron chi connectivity index (χ1n) is 7.51. The van der Waals surface area contributed by atoms with Gasteiger partial charge >= 0.3 is 5.97 Å². The first-order valence-corrected chi connectivity index (χ1v) is 8.50. The maximum absolute atomic E-state index is 11.2. The van der Waals surface area contributed by atoms with Crippen molar-refractivity contribution in [3.05, 3.63) is 35.9 Å². The summed E-state index contributed by atoms with van der Waals surface area (Å²) in [6.45, 7) is 5.70. The molecule has 0 aliphatic heterocycles. The lowest BCUT2D eigenvalue weighted by Crippen LogP contribution is -2.30. The minimum atomic E-state index is -1.42. The molecule has 0 amide bonds. The van der Waals surface area contributed by atoms with E-state index in [2.05, 4.69) is 13.8 Å². The van der Waals surface area contributed by atoms with Gasteiger partial charge < -0.3 is 9.84 Å². The van der Waals surface area contributed by atoms with Crippen LogP contribution < -0.4 is 0 Å². The monoisotopic (exact) mass is 310 g/mol. The molecule has 118 valence electrons. The lowest BCUT2D eigenvalue weighted by Gasteiger charge is -2.26. The summed E-state index contributed by atoms with van der Waals surface area (Å²) in [6, 6.07) is 9.88. The van der Waals surface area contributed by atoms with Crippen molar-refractivity contribution in [3.63, 3.8) is 0 Å². The zero-order chi connectivity index (χ0) is 15.7. The number of ether oxygens (including phenoxy) is 1. The molecule has 0 aliphatic rings. The molecule has 1 aromatic carbocycles. The van der Waals surface area contributed by atoms with E-state index in [0.29, 0.717) is 18.1 Å². The van der Waals surface area contributed by atoms with Gasteiger partial charge in [0, 0.05) is 19.1 Å². The minimum absolute atomic E-state index is 0.443. The molecule has 0 aliphatic carbocycles. The van der Waals surface area contributed by atoms with Crippen LogP contribution in [-0.4, -0.2) is 16.2 Å². The van der Waals surface area contributed by atoms with Crippen molar-refractivity contribution >= 4 is 17.7 Å². The van der Waals surface area contributed by atoms with Gasteiger partial charge in [0.05, 0.1) is 0 Å². The molecule has 3 nitrogen and oxygen atoms in total. The van der Waals surface area contributed by atoms with Crippen molar-refractivity contribution in [2.45, 2.75) is 57.3 Å². The first kappa shape index (κ1) is 18.1. The number of aliphatic hydroxyl groups is 1. The predicted octanol–water partition coefficient (Wildman–Crippen LogP) is 4.35. The van der Waals surface area contributed by atoms with Crippen molar-refractivity contribution in [1.82, 2.24) is 0 Å². The summed E-state index contributed by atoms with van der Waals surface area (Å²) in [6.07, 6.45) is 3.48. The summed E-state index contributed by atoms with van der Waals surface area (Å²) >= 11 is 1.28. The van der Waals surface area contributed by atoms with Crippen molar-refractivity contribution in [3.8, 4) is 0 Å². The van der Waals surface area contributed by atoms with Gasteiger partial charge in [-0.3, -0.25) is 4.79 Å². The van der Waals surface area contributed by atoms with Gasteiger partial charge in [-0.2, -0.15) is 0 Å². The summed E-state index contributed by atoms with van der Waals surface area (Å²) in [5, 5.41) is 9.11. The highest BCUT2D eigenvalue weighted by atomic mass is 32.2. The van der Waals surface area contributed by atoms with E-state index in [0.717, 1.165) is 24.8 Å². The van der Waals surface area contributed by atoms with Gasteiger partial charge in [-0.05, 0) is 17.9 Å². The van der Waals surface area contributed by atoms with Gasteiger partial charge in [-0.1, -0.05) is 68.8 Å². The zero-order valence-corrected chi connectivity index (χ0v) is 14.0. The molecule has 21 heavy (non-hydrogen) atoms. The third-order valence-electron chi connectivity index (χ3n) is 3.13. The van der Waals surface area contributed by atoms with E-state index in [1.807, 2.05) is 30.3 Å². The second-order valence-electron chi connectivity index (χ2n) is 5.72. The standard InChI is InChI=1S/C17H26O3S/c1-14(2)9-7-8-12-17(19,20-15(3)18)21-13-16-10-5-4-6-11-16/h4-6,10-11,14,19H,7-9,12-13H2,1-3H3. The molecular formula is C17H26O3S. The highest BCUT2D eigenvalue weighted by Crippen LogP contribution is 2.33. The van der Waals surface area contributed by atoms with Crippen molar-refractivity contribution in [1.29, 1.82) is 0 Å². The number of hydrogen-bond acceptors (Lipinski definition) is 4. The molecule has 0 bridgehead atoms. The SMILES string of the molecule is CC(=O)OC(O)(CCCCC(C)C)SCc1ccccc1. The number of esters is 1. The fraction of sp³-hybridized carbons (Fsp3) is 0.588. The van der Waals surface area contributed by atoms with Crippen molar-refractivity contribution in [2.75, 3.05) is 0 Å². The van der Waals surface area contributed by atoms with Crippen LogP contribution in [0.1, 0.15) is 52.0 Å². The van der Waals surface area contributed by atoms with Gasteiger partial charge in [0.1, 0.15) is 0 Å². The Hall–Kier alpha value is -1.00. The number of carbonyl (C=O) groups excluding carboxylic acids is 1. The van der Waals surface area contributed by atoms with Gasteiger partial charge in [-0.15, -0.1) is 0 Å². The highest BCUT2D eigenvalue weighted by molar-refractivity contribution is 7.99. The average molecular weight is 310 g/mol. The molecule has 0 fully saturated rings. The summed E-state index contributed by atoms with van der Waals surface area (Å²) in [4.78, 5) is 11.2. The fourth-order valence-electron chi connectivity index (χ4n) is 2.05. The summed E-state index contributed by atoms with van der Waals surface area (Å²) in [5.74, 6) is 0.833. The van der Waals surface area contributed by atoms with Crippen LogP contribution in [0, 0.1) is 5.92 Å². The number of benzene rings is 1. The summed E-state index contributed by atoms with van der Waals surface area (Å²) in [5.41, 5.74) is 1.11. The lowest BCUT2D eigenvalue weighted by molar-refractivity contribution is -0.175. The highest BCUT2D eigenvalue weighted by Gasteiger charge is 2.30. The van der Waals surface area contributed by atoms with Crippen molar-refractivity contribution in [2.24, 2.45) is 5.92 Å². The maximum atomic E-state index is 11.2. The van der Waals surface area contributed by atoms with Crippen LogP contribution in [0.15, 0.2) is 30.3 Å². The molecule has 0 aromatic heterocycles. The molecule has 1 atom stereocenters. The predicted molar refractivity (Wildman–Crippen MR) is 87.8 cm³/mol. The Morgan fingerprint density at radius 2 is 1.95 bits per heavy atom. The van der Waals surface area contributed by atoms with Crippen LogP contribution in [0.5, 0.6) is 0 Å². The fourth-order valence-corrected chi connectivity index (χ4v) is 3.10. The Morgan fingerprint density at radius 1 is 1.29 bits per heavy atom. The summed E-state index contributed by atoms with van der Waals surface area (Å²) in [7, 11) is 0. The minimum Gasteiger partial charge on any atom is -0.423 e. The summed E-state index contributed by atoms with van der Waals surface area (Å²) < 4.78 is 5.15. The molecule has 0 heterocycles.